The molecule has 1 aromatic heterocycles. The lowest BCUT2D eigenvalue weighted by atomic mass is 9.94. The maximum absolute atomic E-state index is 11.1. The minimum Gasteiger partial charge on any atom is -0.396 e. The van der Waals surface area contributed by atoms with E-state index in [0.29, 0.717) is 18.1 Å². The van der Waals surface area contributed by atoms with Crippen LogP contribution in [0.25, 0.3) is 0 Å². The molecule has 5 N–H and O–H groups in total. The van der Waals surface area contributed by atoms with Crippen molar-refractivity contribution in [3.8, 4) is 0 Å². The smallest absolute Gasteiger partial charge is 0.267 e. The van der Waals surface area contributed by atoms with Gasteiger partial charge in [-0.3, -0.25) is 4.79 Å². The largest absolute Gasteiger partial charge is 0.396 e. The normalized spacial score (nSPS) is 21.9. The molecule has 1 aliphatic rings. The fraction of sp³-hybridized carbons (Fsp3) is 0.538. The molecule has 1 fully saturated rings. The molecule has 0 radical (unpaired) electrons. The Bertz CT molecular complexity index is 488. The Kier molecular flexibility index (Phi) is 3.61. The Balaban J connectivity index is 2.14. The summed E-state index contributed by atoms with van der Waals surface area (Å²) in [4.78, 5) is 15.3. The number of rotatable bonds is 3. The first-order valence-corrected chi connectivity index (χ1v) is 6.34. The molecule has 0 bridgehead atoms. The summed E-state index contributed by atoms with van der Waals surface area (Å²) in [5.74, 6) is -0.0469. The molecule has 1 amide bonds. The standard InChI is InChI=1S/C13H20N4O2/c1-13(2)7-8(5-6-19-13)16-12-9(14)3-4-10(17-12)11(15)18/h3-4,8H,5-7,14H2,1-2H3,(H2,15,18)(H,16,17). The number of nitrogen functional groups attached to an aromatic ring is 1. The summed E-state index contributed by atoms with van der Waals surface area (Å²) >= 11 is 0. The molecule has 0 spiro atoms. The molecule has 0 aliphatic carbocycles. The van der Waals surface area contributed by atoms with E-state index in [2.05, 4.69) is 24.1 Å². The third-order valence-corrected chi connectivity index (χ3v) is 3.22. The average molecular weight is 264 g/mol. The molecule has 2 heterocycles. The lowest BCUT2D eigenvalue weighted by molar-refractivity contribution is -0.0553. The Hall–Kier alpha value is -1.82. The van der Waals surface area contributed by atoms with Crippen molar-refractivity contribution < 1.29 is 9.53 Å². The monoisotopic (exact) mass is 264 g/mol. The van der Waals surface area contributed by atoms with Crippen molar-refractivity contribution in [2.75, 3.05) is 17.7 Å². The Morgan fingerprint density at radius 3 is 2.89 bits per heavy atom. The van der Waals surface area contributed by atoms with Crippen LogP contribution in [-0.2, 0) is 4.74 Å². The van der Waals surface area contributed by atoms with Gasteiger partial charge in [-0.2, -0.15) is 0 Å². The van der Waals surface area contributed by atoms with Crippen LogP contribution in [0.15, 0.2) is 12.1 Å². The molecule has 1 atom stereocenters. The quantitative estimate of drug-likeness (QED) is 0.759. The van der Waals surface area contributed by atoms with Crippen LogP contribution in [-0.4, -0.2) is 29.1 Å². The molecular weight excluding hydrogens is 244 g/mol. The number of pyridine rings is 1. The zero-order valence-corrected chi connectivity index (χ0v) is 11.3. The molecule has 104 valence electrons. The van der Waals surface area contributed by atoms with Crippen LogP contribution < -0.4 is 16.8 Å². The summed E-state index contributed by atoms with van der Waals surface area (Å²) in [7, 11) is 0. The number of carbonyl (C=O) groups excluding carboxylic acids is 1. The third-order valence-electron chi connectivity index (χ3n) is 3.22. The highest BCUT2D eigenvalue weighted by Gasteiger charge is 2.29. The van der Waals surface area contributed by atoms with Gasteiger partial charge in [0, 0.05) is 12.6 Å². The van der Waals surface area contributed by atoms with Crippen LogP contribution in [0.3, 0.4) is 0 Å². The van der Waals surface area contributed by atoms with Gasteiger partial charge in [-0.05, 0) is 38.8 Å². The number of anilines is 2. The van der Waals surface area contributed by atoms with Crippen LogP contribution in [0.4, 0.5) is 11.5 Å². The van der Waals surface area contributed by atoms with E-state index < -0.39 is 5.91 Å². The lowest BCUT2D eigenvalue weighted by Gasteiger charge is -2.36. The van der Waals surface area contributed by atoms with E-state index in [1.807, 2.05) is 0 Å². The summed E-state index contributed by atoms with van der Waals surface area (Å²) in [5.41, 5.74) is 11.6. The van der Waals surface area contributed by atoms with Gasteiger partial charge in [-0.15, -0.1) is 0 Å². The number of carbonyl (C=O) groups is 1. The van der Waals surface area contributed by atoms with Crippen molar-refractivity contribution in [3.63, 3.8) is 0 Å². The molecule has 1 aromatic rings. The highest BCUT2D eigenvalue weighted by atomic mass is 16.5. The summed E-state index contributed by atoms with van der Waals surface area (Å²) in [6.07, 6.45) is 1.74. The van der Waals surface area contributed by atoms with Gasteiger partial charge in [0.25, 0.3) is 5.91 Å². The van der Waals surface area contributed by atoms with Crippen LogP contribution in [0.5, 0.6) is 0 Å². The number of nitrogens with two attached hydrogens (primary N) is 2. The van der Waals surface area contributed by atoms with Gasteiger partial charge in [0.05, 0.1) is 11.3 Å². The Morgan fingerprint density at radius 1 is 1.53 bits per heavy atom. The number of nitrogens with one attached hydrogen (secondary N) is 1. The second-order valence-corrected chi connectivity index (χ2v) is 5.44. The molecule has 6 heteroatoms. The molecule has 2 rings (SSSR count). The van der Waals surface area contributed by atoms with E-state index in [1.165, 1.54) is 6.07 Å². The zero-order chi connectivity index (χ0) is 14.0. The second-order valence-electron chi connectivity index (χ2n) is 5.44. The summed E-state index contributed by atoms with van der Waals surface area (Å²) < 4.78 is 5.66. The molecule has 1 unspecified atom stereocenters. The van der Waals surface area contributed by atoms with Gasteiger partial charge < -0.3 is 21.5 Å². The lowest BCUT2D eigenvalue weighted by Crippen LogP contribution is -2.40. The second kappa shape index (κ2) is 5.05. The Morgan fingerprint density at radius 2 is 2.26 bits per heavy atom. The van der Waals surface area contributed by atoms with E-state index >= 15 is 0 Å². The molecule has 19 heavy (non-hydrogen) atoms. The van der Waals surface area contributed by atoms with Crippen LogP contribution in [0, 0.1) is 0 Å². The van der Waals surface area contributed by atoms with Crippen LogP contribution in [0.1, 0.15) is 37.2 Å². The highest BCUT2D eigenvalue weighted by molar-refractivity contribution is 5.91. The van der Waals surface area contributed by atoms with Crippen LogP contribution in [0.2, 0.25) is 0 Å². The summed E-state index contributed by atoms with van der Waals surface area (Å²) in [6.45, 7) is 4.80. The molecule has 0 aromatic carbocycles. The van der Waals surface area contributed by atoms with E-state index in [-0.39, 0.29) is 17.3 Å². The van der Waals surface area contributed by atoms with Gasteiger partial charge >= 0.3 is 0 Å². The Labute approximate surface area is 112 Å². The summed E-state index contributed by atoms with van der Waals surface area (Å²) in [6, 6.07) is 3.39. The zero-order valence-electron chi connectivity index (χ0n) is 11.3. The van der Waals surface area contributed by atoms with Crippen LogP contribution >= 0.6 is 0 Å². The number of aromatic nitrogens is 1. The number of ether oxygens (including phenoxy) is 1. The molecule has 1 saturated heterocycles. The number of hydrogen-bond donors (Lipinski definition) is 3. The van der Waals surface area contributed by atoms with E-state index in [4.69, 9.17) is 16.2 Å². The van der Waals surface area contributed by atoms with Crippen molar-refractivity contribution in [1.29, 1.82) is 0 Å². The van der Waals surface area contributed by atoms with Gasteiger partial charge in [0.2, 0.25) is 0 Å². The van der Waals surface area contributed by atoms with Crippen molar-refractivity contribution >= 4 is 17.4 Å². The van der Waals surface area contributed by atoms with Gasteiger partial charge in [0.1, 0.15) is 11.5 Å². The predicted octanol–water partition coefficient (Wildman–Crippen LogP) is 1.13. The van der Waals surface area contributed by atoms with Crippen molar-refractivity contribution in [2.24, 2.45) is 5.73 Å². The first kappa shape index (κ1) is 13.6. The summed E-state index contributed by atoms with van der Waals surface area (Å²) in [5, 5.41) is 3.28. The topological polar surface area (TPSA) is 103 Å². The maximum Gasteiger partial charge on any atom is 0.267 e. The minimum atomic E-state index is -0.560. The van der Waals surface area contributed by atoms with Crippen molar-refractivity contribution in [2.45, 2.75) is 38.3 Å². The van der Waals surface area contributed by atoms with E-state index in [1.54, 1.807) is 6.07 Å². The minimum absolute atomic E-state index is 0.161. The van der Waals surface area contributed by atoms with E-state index in [9.17, 15) is 4.79 Å². The fourth-order valence-corrected chi connectivity index (χ4v) is 2.27. The SMILES string of the molecule is CC1(C)CC(Nc2nc(C(N)=O)ccc2N)CCO1. The molecule has 1 aliphatic heterocycles. The number of hydrogen-bond acceptors (Lipinski definition) is 5. The molecule has 6 nitrogen and oxygen atoms in total. The first-order valence-electron chi connectivity index (χ1n) is 6.34. The number of nitrogens with zero attached hydrogens (tertiary/aromatic N) is 1. The highest BCUT2D eigenvalue weighted by Crippen LogP contribution is 2.27. The van der Waals surface area contributed by atoms with E-state index in [0.717, 1.165) is 12.8 Å². The average Bonchev–Trinajstić information content (AvgIpc) is 2.30. The molecular formula is C13H20N4O2. The maximum atomic E-state index is 11.1. The third kappa shape index (κ3) is 3.35. The fourth-order valence-electron chi connectivity index (χ4n) is 2.27. The van der Waals surface area contributed by atoms with Gasteiger partial charge in [-0.1, -0.05) is 0 Å². The number of amides is 1. The number of primary amides is 1. The first-order chi connectivity index (χ1) is 8.87. The van der Waals surface area contributed by atoms with Gasteiger partial charge in [-0.25, -0.2) is 4.98 Å². The van der Waals surface area contributed by atoms with Crippen molar-refractivity contribution in [3.05, 3.63) is 17.8 Å². The predicted molar refractivity (Wildman–Crippen MR) is 73.8 cm³/mol. The van der Waals surface area contributed by atoms with Gasteiger partial charge in [0.15, 0.2) is 0 Å². The van der Waals surface area contributed by atoms with Crippen molar-refractivity contribution in [1.82, 2.24) is 4.98 Å². The molecule has 0 saturated carbocycles.